The van der Waals surface area contributed by atoms with Crippen LogP contribution in [0.1, 0.15) is 19.3 Å². The molecule has 1 fully saturated rings. The number of hydrogen-bond donors (Lipinski definition) is 1. The van der Waals surface area contributed by atoms with E-state index in [0.29, 0.717) is 23.8 Å². The molecular weight excluding hydrogens is 246 g/mol. The average Bonchev–Trinajstić information content (AvgIpc) is 2.82. The predicted octanol–water partition coefficient (Wildman–Crippen LogP) is 1.91. The number of carbonyl (C=O) groups is 1. The molecule has 100 valence electrons. The zero-order valence-electron chi connectivity index (χ0n) is 10.5. The summed E-state index contributed by atoms with van der Waals surface area (Å²) in [6.07, 6.45) is 3.79. The lowest BCUT2D eigenvalue weighted by molar-refractivity contribution is -0.138. The molecular formula is C13H15N3O3. The molecule has 1 aliphatic rings. The van der Waals surface area contributed by atoms with Crippen LogP contribution in [0, 0.1) is 5.92 Å². The fourth-order valence-electron chi connectivity index (χ4n) is 2.55. The fraction of sp³-hybridized carbons (Fsp3) is 0.462. The van der Waals surface area contributed by atoms with Crippen molar-refractivity contribution in [2.24, 2.45) is 5.92 Å². The molecule has 19 heavy (non-hydrogen) atoms. The first kappa shape index (κ1) is 12.0. The van der Waals surface area contributed by atoms with E-state index in [4.69, 9.17) is 9.52 Å². The van der Waals surface area contributed by atoms with Gasteiger partial charge in [0.1, 0.15) is 0 Å². The molecule has 1 aliphatic heterocycles. The molecule has 1 atom stereocenters. The number of nitrogens with zero attached hydrogens (tertiary/aromatic N) is 3. The van der Waals surface area contributed by atoms with E-state index in [1.807, 2.05) is 11.0 Å². The zero-order chi connectivity index (χ0) is 13.2. The Morgan fingerprint density at radius 1 is 1.58 bits per heavy atom. The quantitative estimate of drug-likeness (QED) is 0.909. The summed E-state index contributed by atoms with van der Waals surface area (Å²) in [7, 11) is 0. The number of rotatable bonds is 3. The van der Waals surface area contributed by atoms with Gasteiger partial charge in [-0.25, -0.2) is 4.98 Å². The molecule has 3 heterocycles. The highest BCUT2D eigenvalue weighted by atomic mass is 16.4. The number of oxazole rings is 1. The van der Waals surface area contributed by atoms with Gasteiger partial charge < -0.3 is 14.4 Å². The molecule has 0 saturated carbocycles. The summed E-state index contributed by atoms with van der Waals surface area (Å²) in [5.41, 5.74) is 1.26. The van der Waals surface area contributed by atoms with E-state index in [1.54, 1.807) is 12.3 Å². The lowest BCUT2D eigenvalue weighted by Crippen LogP contribution is -2.36. The third-order valence-corrected chi connectivity index (χ3v) is 3.41. The number of carboxylic acids is 1. The summed E-state index contributed by atoms with van der Waals surface area (Å²) >= 11 is 0. The van der Waals surface area contributed by atoms with Crippen LogP contribution in [-0.2, 0) is 4.79 Å². The number of carboxylic acid groups (broad SMARTS) is 1. The Hall–Kier alpha value is -2.11. The van der Waals surface area contributed by atoms with Crippen LogP contribution in [0.5, 0.6) is 0 Å². The molecule has 0 amide bonds. The van der Waals surface area contributed by atoms with Crippen molar-refractivity contribution in [3.8, 4) is 0 Å². The third kappa shape index (κ3) is 2.52. The summed E-state index contributed by atoms with van der Waals surface area (Å²) in [6, 6.07) is 4.18. The Morgan fingerprint density at radius 3 is 3.26 bits per heavy atom. The molecule has 3 rings (SSSR count). The molecule has 1 N–H and O–H groups in total. The molecule has 0 bridgehead atoms. The third-order valence-electron chi connectivity index (χ3n) is 3.41. The van der Waals surface area contributed by atoms with Crippen molar-refractivity contribution < 1.29 is 14.3 Å². The molecule has 0 aromatic carbocycles. The number of pyridine rings is 1. The second kappa shape index (κ2) is 4.87. The lowest BCUT2D eigenvalue weighted by Gasteiger charge is -2.30. The number of piperidine rings is 1. The molecule has 2 aromatic rings. The summed E-state index contributed by atoms with van der Waals surface area (Å²) in [4.78, 5) is 21.3. The second-order valence-corrected chi connectivity index (χ2v) is 4.87. The lowest BCUT2D eigenvalue weighted by atomic mass is 9.95. The molecule has 2 aromatic heterocycles. The van der Waals surface area contributed by atoms with Crippen molar-refractivity contribution in [3.63, 3.8) is 0 Å². The summed E-state index contributed by atoms with van der Waals surface area (Å²) in [5.74, 6) is -0.583. The van der Waals surface area contributed by atoms with Crippen molar-refractivity contribution in [1.82, 2.24) is 9.97 Å². The Morgan fingerprint density at radius 2 is 2.47 bits per heavy atom. The van der Waals surface area contributed by atoms with Crippen molar-refractivity contribution >= 4 is 23.2 Å². The number of fused-ring (bicyclic) bond motifs is 1. The number of anilines is 1. The first-order chi connectivity index (χ1) is 9.22. The van der Waals surface area contributed by atoms with Crippen LogP contribution in [0.3, 0.4) is 0 Å². The largest absolute Gasteiger partial charge is 0.481 e. The Bertz CT molecular complexity index is 563. The Labute approximate surface area is 110 Å². The van der Waals surface area contributed by atoms with Crippen molar-refractivity contribution in [2.45, 2.75) is 19.3 Å². The minimum atomic E-state index is -0.744. The van der Waals surface area contributed by atoms with Gasteiger partial charge in [0, 0.05) is 25.7 Å². The van der Waals surface area contributed by atoms with E-state index in [1.165, 1.54) is 0 Å². The maximum atomic E-state index is 10.8. The first-order valence-electron chi connectivity index (χ1n) is 6.40. The minimum absolute atomic E-state index is 0.161. The van der Waals surface area contributed by atoms with Crippen LogP contribution in [0.2, 0.25) is 0 Å². The second-order valence-electron chi connectivity index (χ2n) is 4.87. The summed E-state index contributed by atoms with van der Waals surface area (Å²) < 4.78 is 5.67. The highest BCUT2D eigenvalue weighted by molar-refractivity contribution is 5.69. The van der Waals surface area contributed by atoms with E-state index in [0.717, 1.165) is 19.4 Å². The Kier molecular flexibility index (Phi) is 3.06. The van der Waals surface area contributed by atoms with Crippen LogP contribution in [0.15, 0.2) is 22.7 Å². The van der Waals surface area contributed by atoms with E-state index >= 15 is 0 Å². The standard InChI is InChI=1S/C13H15N3O3/c17-11(18)7-9-3-2-6-16(8-9)13-15-12-10(19-13)4-1-5-14-12/h1,4-5,9H,2-3,6-8H2,(H,17,18)/t9-/m1/s1. The number of aromatic nitrogens is 2. The van der Waals surface area contributed by atoms with Crippen LogP contribution >= 0.6 is 0 Å². The monoisotopic (exact) mass is 261 g/mol. The Balaban J connectivity index is 1.79. The van der Waals surface area contributed by atoms with Crippen LogP contribution in [0.4, 0.5) is 6.01 Å². The van der Waals surface area contributed by atoms with Crippen LogP contribution in [-0.4, -0.2) is 34.1 Å². The maximum absolute atomic E-state index is 10.8. The molecule has 0 unspecified atom stereocenters. The molecule has 6 nitrogen and oxygen atoms in total. The first-order valence-corrected chi connectivity index (χ1v) is 6.40. The topological polar surface area (TPSA) is 79.5 Å². The predicted molar refractivity (Wildman–Crippen MR) is 69.0 cm³/mol. The van der Waals surface area contributed by atoms with E-state index in [-0.39, 0.29) is 12.3 Å². The number of hydrogen-bond acceptors (Lipinski definition) is 5. The SMILES string of the molecule is O=C(O)C[C@H]1CCCN(c2nc3ncccc3o2)C1. The van der Waals surface area contributed by atoms with Crippen LogP contribution in [0.25, 0.3) is 11.2 Å². The van der Waals surface area contributed by atoms with E-state index < -0.39 is 5.97 Å². The number of aliphatic carboxylic acids is 1. The van der Waals surface area contributed by atoms with Crippen molar-refractivity contribution in [2.75, 3.05) is 18.0 Å². The van der Waals surface area contributed by atoms with Gasteiger partial charge in [0.25, 0.3) is 6.01 Å². The van der Waals surface area contributed by atoms with Gasteiger partial charge in [0.05, 0.1) is 0 Å². The molecule has 0 spiro atoms. The van der Waals surface area contributed by atoms with Crippen molar-refractivity contribution in [1.29, 1.82) is 0 Å². The highest BCUT2D eigenvalue weighted by Crippen LogP contribution is 2.26. The maximum Gasteiger partial charge on any atom is 0.303 e. The van der Waals surface area contributed by atoms with E-state index in [9.17, 15) is 4.79 Å². The molecule has 6 heteroatoms. The zero-order valence-corrected chi connectivity index (χ0v) is 10.5. The summed E-state index contributed by atoms with van der Waals surface area (Å²) in [5, 5.41) is 8.87. The van der Waals surface area contributed by atoms with Gasteiger partial charge in [-0.1, -0.05) is 0 Å². The van der Waals surface area contributed by atoms with Crippen molar-refractivity contribution in [3.05, 3.63) is 18.3 Å². The fourth-order valence-corrected chi connectivity index (χ4v) is 2.55. The van der Waals surface area contributed by atoms with Gasteiger partial charge in [0.2, 0.25) is 5.65 Å². The summed E-state index contributed by atoms with van der Waals surface area (Å²) in [6.45, 7) is 1.53. The normalized spacial score (nSPS) is 19.8. The van der Waals surface area contributed by atoms with Gasteiger partial charge in [-0.15, -0.1) is 0 Å². The van der Waals surface area contributed by atoms with Gasteiger partial charge in [-0.2, -0.15) is 4.98 Å². The average molecular weight is 261 g/mol. The molecule has 1 saturated heterocycles. The smallest absolute Gasteiger partial charge is 0.303 e. The van der Waals surface area contributed by atoms with Gasteiger partial charge in [-0.05, 0) is 30.9 Å². The van der Waals surface area contributed by atoms with E-state index in [2.05, 4.69) is 9.97 Å². The van der Waals surface area contributed by atoms with Gasteiger partial charge in [-0.3, -0.25) is 4.79 Å². The minimum Gasteiger partial charge on any atom is -0.481 e. The van der Waals surface area contributed by atoms with Gasteiger partial charge >= 0.3 is 5.97 Å². The highest BCUT2D eigenvalue weighted by Gasteiger charge is 2.25. The van der Waals surface area contributed by atoms with Gasteiger partial charge in [0.15, 0.2) is 5.58 Å². The van der Waals surface area contributed by atoms with Crippen LogP contribution < -0.4 is 4.90 Å². The molecule has 0 aliphatic carbocycles. The molecule has 0 radical (unpaired) electrons.